The fourth-order valence-corrected chi connectivity index (χ4v) is 1.41. The molecule has 1 heterocycles. The third-order valence-corrected chi connectivity index (χ3v) is 2.28. The van der Waals surface area contributed by atoms with Gasteiger partial charge in [0.25, 0.3) is 0 Å². The van der Waals surface area contributed by atoms with Gasteiger partial charge in [-0.3, -0.25) is 4.68 Å². The van der Waals surface area contributed by atoms with E-state index in [1.165, 1.54) is 0 Å². The molecule has 5 heteroatoms. The standard InChI is InChI=1S/C12H23N3O.ClH/c1-4-15-8-6-12(14-15)10-13-7-5-9-16-11(2)3;/h6,8,11,13H,4-5,7,9-10H2,1-3H3;1H. The highest BCUT2D eigenvalue weighted by atomic mass is 35.5. The predicted octanol–water partition coefficient (Wildman–Crippen LogP) is 2.23. The van der Waals surface area contributed by atoms with E-state index in [-0.39, 0.29) is 12.4 Å². The summed E-state index contributed by atoms with van der Waals surface area (Å²) in [6.45, 7) is 9.79. The SMILES string of the molecule is CCn1ccc(CNCCCOC(C)C)n1.Cl. The van der Waals surface area contributed by atoms with Crippen LogP contribution >= 0.6 is 12.4 Å². The number of aromatic nitrogens is 2. The van der Waals surface area contributed by atoms with Crippen molar-refractivity contribution in [2.75, 3.05) is 13.2 Å². The highest BCUT2D eigenvalue weighted by Crippen LogP contribution is 1.95. The van der Waals surface area contributed by atoms with Crippen molar-refractivity contribution < 1.29 is 4.74 Å². The number of halogens is 1. The molecule has 0 amide bonds. The molecule has 0 atom stereocenters. The summed E-state index contributed by atoms with van der Waals surface area (Å²) in [6, 6.07) is 2.06. The molecule has 0 saturated heterocycles. The van der Waals surface area contributed by atoms with Crippen molar-refractivity contribution >= 4 is 12.4 Å². The molecule has 1 N–H and O–H groups in total. The van der Waals surface area contributed by atoms with Crippen molar-refractivity contribution in [2.45, 2.75) is 46.4 Å². The van der Waals surface area contributed by atoms with E-state index in [1.54, 1.807) is 0 Å². The van der Waals surface area contributed by atoms with E-state index in [2.05, 4.69) is 37.3 Å². The van der Waals surface area contributed by atoms with E-state index < -0.39 is 0 Å². The third kappa shape index (κ3) is 7.36. The van der Waals surface area contributed by atoms with Crippen LogP contribution in [-0.4, -0.2) is 29.0 Å². The highest BCUT2D eigenvalue weighted by molar-refractivity contribution is 5.85. The van der Waals surface area contributed by atoms with Crippen molar-refractivity contribution in [1.29, 1.82) is 0 Å². The lowest BCUT2D eigenvalue weighted by atomic mass is 10.4. The lowest BCUT2D eigenvalue weighted by molar-refractivity contribution is 0.0770. The van der Waals surface area contributed by atoms with Crippen molar-refractivity contribution in [3.05, 3.63) is 18.0 Å². The number of hydrogen-bond acceptors (Lipinski definition) is 3. The van der Waals surface area contributed by atoms with Crippen LogP contribution in [-0.2, 0) is 17.8 Å². The van der Waals surface area contributed by atoms with Crippen molar-refractivity contribution in [3.8, 4) is 0 Å². The van der Waals surface area contributed by atoms with Crippen molar-refractivity contribution in [3.63, 3.8) is 0 Å². The minimum atomic E-state index is 0. The van der Waals surface area contributed by atoms with Gasteiger partial charge >= 0.3 is 0 Å². The molecule has 0 saturated carbocycles. The Morgan fingerprint density at radius 3 is 2.82 bits per heavy atom. The van der Waals surface area contributed by atoms with Crippen LogP contribution in [0.25, 0.3) is 0 Å². The zero-order valence-electron chi connectivity index (χ0n) is 11.0. The molecule has 100 valence electrons. The number of rotatable bonds is 8. The maximum Gasteiger partial charge on any atom is 0.0762 e. The van der Waals surface area contributed by atoms with Crippen LogP contribution in [0.5, 0.6) is 0 Å². The quantitative estimate of drug-likeness (QED) is 0.730. The monoisotopic (exact) mass is 261 g/mol. The molecule has 0 spiro atoms. The van der Waals surface area contributed by atoms with E-state index in [9.17, 15) is 0 Å². The Morgan fingerprint density at radius 1 is 1.47 bits per heavy atom. The van der Waals surface area contributed by atoms with Crippen LogP contribution < -0.4 is 5.32 Å². The molecular weight excluding hydrogens is 238 g/mol. The molecule has 0 aromatic carbocycles. The van der Waals surface area contributed by atoms with Crippen LogP contribution in [0.1, 0.15) is 32.9 Å². The van der Waals surface area contributed by atoms with Gasteiger partial charge < -0.3 is 10.1 Å². The normalized spacial score (nSPS) is 10.6. The molecule has 0 aliphatic carbocycles. The molecular formula is C12H24ClN3O. The molecule has 0 aliphatic rings. The fraction of sp³-hybridized carbons (Fsp3) is 0.750. The Hall–Kier alpha value is -0.580. The lowest BCUT2D eigenvalue weighted by Gasteiger charge is -2.07. The van der Waals surface area contributed by atoms with E-state index >= 15 is 0 Å². The number of aryl methyl sites for hydroxylation is 1. The third-order valence-electron chi connectivity index (χ3n) is 2.28. The molecule has 17 heavy (non-hydrogen) atoms. The van der Waals surface area contributed by atoms with Crippen molar-refractivity contribution in [1.82, 2.24) is 15.1 Å². The van der Waals surface area contributed by atoms with Crippen LogP contribution in [0.3, 0.4) is 0 Å². The number of ether oxygens (including phenoxy) is 1. The van der Waals surface area contributed by atoms with E-state index in [0.717, 1.165) is 38.4 Å². The van der Waals surface area contributed by atoms with Gasteiger partial charge in [0.2, 0.25) is 0 Å². The Morgan fingerprint density at radius 2 is 2.24 bits per heavy atom. The second kappa shape index (κ2) is 9.45. The van der Waals surface area contributed by atoms with E-state index in [0.29, 0.717) is 6.10 Å². The summed E-state index contributed by atoms with van der Waals surface area (Å²) in [5.74, 6) is 0. The molecule has 1 aromatic rings. The first-order valence-electron chi connectivity index (χ1n) is 6.07. The van der Waals surface area contributed by atoms with Gasteiger partial charge in [-0.1, -0.05) is 0 Å². The predicted molar refractivity (Wildman–Crippen MR) is 72.6 cm³/mol. The first-order valence-corrected chi connectivity index (χ1v) is 6.07. The van der Waals surface area contributed by atoms with Crippen molar-refractivity contribution in [2.24, 2.45) is 0 Å². The van der Waals surface area contributed by atoms with E-state index in [4.69, 9.17) is 4.74 Å². The second-order valence-corrected chi connectivity index (χ2v) is 4.11. The summed E-state index contributed by atoms with van der Waals surface area (Å²) in [4.78, 5) is 0. The summed E-state index contributed by atoms with van der Waals surface area (Å²) in [5.41, 5.74) is 1.10. The summed E-state index contributed by atoms with van der Waals surface area (Å²) in [6.07, 6.45) is 3.39. The first-order chi connectivity index (χ1) is 7.72. The summed E-state index contributed by atoms with van der Waals surface area (Å²) < 4.78 is 7.40. The molecule has 4 nitrogen and oxygen atoms in total. The van der Waals surface area contributed by atoms with Gasteiger partial charge in [-0.05, 0) is 39.8 Å². The molecule has 1 rings (SSSR count). The minimum absolute atomic E-state index is 0. The molecule has 0 bridgehead atoms. The summed E-state index contributed by atoms with van der Waals surface area (Å²) >= 11 is 0. The number of nitrogens with one attached hydrogen (secondary N) is 1. The van der Waals surface area contributed by atoms with Crippen LogP contribution in [0.2, 0.25) is 0 Å². The smallest absolute Gasteiger partial charge is 0.0762 e. The van der Waals surface area contributed by atoms with Gasteiger partial charge in [0.05, 0.1) is 11.8 Å². The Bertz CT molecular complexity index is 289. The minimum Gasteiger partial charge on any atom is -0.379 e. The van der Waals surface area contributed by atoms with Gasteiger partial charge in [0.1, 0.15) is 0 Å². The molecule has 1 aromatic heterocycles. The van der Waals surface area contributed by atoms with Gasteiger partial charge in [0, 0.05) is 25.9 Å². The maximum absolute atomic E-state index is 5.46. The second-order valence-electron chi connectivity index (χ2n) is 4.11. The maximum atomic E-state index is 5.46. The van der Waals surface area contributed by atoms with Gasteiger partial charge in [-0.15, -0.1) is 12.4 Å². The average molecular weight is 262 g/mol. The van der Waals surface area contributed by atoms with Crippen LogP contribution in [0.4, 0.5) is 0 Å². The Labute approximate surface area is 110 Å². The Balaban J connectivity index is 0.00000256. The molecule has 0 aliphatic heterocycles. The van der Waals surface area contributed by atoms with Gasteiger partial charge in [-0.2, -0.15) is 5.10 Å². The Kier molecular flexibility index (Phi) is 9.13. The summed E-state index contributed by atoms with van der Waals surface area (Å²) in [5, 5.41) is 7.75. The van der Waals surface area contributed by atoms with Crippen LogP contribution in [0.15, 0.2) is 12.3 Å². The molecule has 0 fully saturated rings. The number of nitrogens with zero attached hydrogens (tertiary/aromatic N) is 2. The number of hydrogen-bond donors (Lipinski definition) is 1. The molecule has 0 radical (unpaired) electrons. The zero-order chi connectivity index (χ0) is 11.8. The molecule has 0 unspecified atom stereocenters. The van der Waals surface area contributed by atoms with Crippen LogP contribution in [0, 0.1) is 0 Å². The van der Waals surface area contributed by atoms with E-state index in [1.807, 2.05) is 10.9 Å². The lowest BCUT2D eigenvalue weighted by Crippen LogP contribution is -2.17. The highest BCUT2D eigenvalue weighted by Gasteiger charge is 1.97. The fourth-order valence-electron chi connectivity index (χ4n) is 1.41. The van der Waals surface area contributed by atoms with Gasteiger partial charge in [0.15, 0.2) is 0 Å². The largest absolute Gasteiger partial charge is 0.379 e. The zero-order valence-corrected chi connectivity index (χ0v) is 11.8. The average Bonchev–Trinajstić information content (AvgIpc) is 2.70. The summed E-state index contributed by atoms with van der Waals surface area (Å²) in [7, 11) is 0. The van der Waals surface area contributed by atoms with Gasteiger partial charge in [-0.25, -0.2) is 0 Å². The topological polar surface area (TPSA) is 39.1 Å². The first kappa shape index (κ1) is 16.4.